The summed E-state index contributed by atoms with van der Waals surface area (Å²) in [7, 11) is 0. The van der Waals surface area contributed by atoms with Crippen molar-refractivity contribution in [3.05, 3.63) is 0 Å². The molecule has 0 N–H and O–H groups in total. The maximum absolute atomic E-state index is 14.8. The molecule has 0 saturated heterocycles. The van der Waals surface area contributed by atoms with Crippen molar-refractivity contribution in [2.45, 2.75) is 90.3 Å². The predicted molar refractivity (Wildman–Crippen MR) is 118 cm³/mol. The second-order valence-corrected chi connectivity index (χ2v) is 9.84. The Kier molecular flexibility index (Phi) is 10.6. The molecule has 0 heterocycles. The number of alkyl halides is 1. The number of esters is 1. The lowest BCUT2D eigenvalue weighted by Gasteiger charge is -2.40. The van der Waals surface area contributed by atoms with E-state index in [9.17, 15) is 9.18 Å². The molecule has 2 aliphatic carbocycles. The topological polar surface area (TPSA) is 35.5 Å². The van der Waals surface area contributed by atoms with Crippen molar-refractivity contribution < 1.29 is 18.7 Å². The molecule has 3 nitrogen and oxygen atoms in total. The number of thiocarbonyl (C=S) groups is 1. The van der Waals surface area contributed by atoms with Gasteiger partial charge in [0, 0.05) is 0 Å². The molecule has 0 spiro atoms. The van der Waals surface area contributed by atoms with Crippen molar-refractivity contribution in [2.24, 2.45) is 23.7 Å². The number of rotatable bonds is 8. The third-order valence-electron chi connectivity index (χ3n) is 6.74. The summed E-state index contributed by atoms with van der Waals surface area (Å²) >= 11 is 6.43. The summed E-state index contributed by atoms with van der Waals surface area (Å²) in [5.74, 6) is 1.70. The zero-order chi connectivity index (χ0) is 20.5. The first kappa shape index (κ1) is 23.9. The monoisotopic (exact) mass is 432 g/mol. The molecule has 28 heavy (non-hydrogen) atoms. The second kappa shape index (κ2) is 12.4. The number of carbonyl (C=O) groups excluding carboxylic acids is 1. The van der Waals surface area contributed by atoms with Gasteiger partial charge in [0.15, 0.2) is 0 Å². The molecular formula is C22H37FO3S2. The molecule has 2 rings (SSSR count). The third-order valence-corrected chi connectivity index (χ3v) is 7.76. The molecule has 0 aromatic carbocycles. The first-order valence-electron chi connectivity index (χ1n) is 11.0. The minimum atomic E-state index is -1.77. The Hall–Kier alpha value is -0.360. The molecule has 2 unspecified atom stereocenters. The zero-order valence-corrected chi connectivity index (χ0v) is 19.3. The van der Waals surface area contributed by atoms with E-state index in [-0.39, 0.29) is 12.5 Å². The van der Waals surface area contributed by atoms with Gasteiger partial charge in [-0.05, 0) is 87.6 Å². The van der Waals surface area contributed by atoms with Gasteiger partial charge >= 0.3 is 5.97 Å². The number of carbonyl (C=O) groups is 1. The molecule has 2 atom stereocenters. The molecular weight excluding hydrogens is 395 g/mol. The van der Waals surface area contributed by atoms with Crippen LogP contribution in [0, 0.1) is 23.7 Å². The van der Waals surface area contributed by atoms with Gasteiger partial charge in [0.2, 0.25) is 10.6 Å². The quantitative estimate of drug-likeness (QED) is 0.331. The normalized spacial score (nSPS) is 30.3. The Labute approximate surface area is 179 Å². The van der Waals surface area contributed by atoms with E-state index in [0.717, 1.165) is 43.4 Å². The number of thioether (sulfide) groups is 1. The Bertz CT molecular complexity index is 486. The van der Waals surface area contributed by atoms with Crippen LogP contribution in [0.5, 0.6) is 0 Å². The van der Waals surface area contributed by atoms with E-state index in [4.69, 9.17) is 21.7 Å². The lowest BCUT2D eigenvalue weighted by atomic mass is 9.68. The summed E-state index contributed by atoms with van der Waals surface area (Å²) < 4.78 is 25.7. The lowest BCUT2D eigenvalue weighted by molar-refractivity contribution is -0.154. The highest BCUT2D eigenvalue weighted by Crippen LogP contribution is 2.43. The number of hydrogen-bond donors (Lipinski definition) is 0. The summed E-state index contributed by atoms with van der Waals surface area (Å²) in [5, 5.41) is 0. The van der Waals surface area contributed by atoms with Crippen LogP contribution in [-0.4, -0.2) is 35.5 Å². The Morgan fingerprint density at radius 3 is 2.14 bits per heavy atom. The van der Waals surface area contributed by atoms with Crippen LogP contribution >= 0.6 is 24.0 Å². The standard InChI is InChI=1S/C22H37FO3S2/c1-4-6-15-7-9-16(10-8-15)17-11-13-18(14-12-17)20(26-22(27)28-3)19(23)21(24)25-5-2/h15-20H,4-14H2,1-3H3. The van der Waals surface area contributed by atoms with Crippen molar-refractivity contribution in [2.75, 3.05) is 12.9 Å². The van der Waals surface area contributed by atoms with Crippen molar-refractivity contribution in [1.29, 1.82) is 0 Å². The largest absolute Gasteiger partial charge is 0.471 e. The van der Waals surface area contributed by atoms with Crippen LogP contribution in [0.2, 0.25) is 0 Å². The average molecular weight is 433 g/mol. The highest BCUT2D eigenvalue weighted by atomic mass is 32.2. The van der Waals surface area contributed by atoms with E-state index in [1.807, 2.05) is 6.26 Å². The van der Waals surface area contributed by atoms with E-state index in [1.54, 1.807) is 6.92 Å². The van der Waals surface area contributed by atoms with Gasteiger partial charge in [0.1, 0.15) is 6.10 Å². The Balaban J connectivity index is 1.90. The maximum atomic E-state index is 14.8. The van der Waals surface area contributed by atoms with Gasteiger partial charge in [-0.25, -0.2) is 9.18 Å². The fraction of sp³-hybridized carbons (Fsp3) is 0.909. The van der Waals surface area contributed by atoms with Crippen LogP contribution < -0.4 is 0 Å². The fourth-order valence-corrected chi connectivity index (χ4v) is 5.53. The van der Waals surface area contributed by atoms with E-state index in [2.05, 4.69) is 6.92 Å². The molecule has 0 amide bonds. The summed E-state index contributed by atoms with van der Waals surface area (Å²) in [5.41, 5.74) is 0. The van der Waals surface area contributed by atoms with Crippen LogP contribution in [0.1, 0.15) is 78.1 Å². The molecule has 0 aliphatic heterocycles. The number of hydrogen-bond acceptors (Lipinski definition) is 5. The van der Waals surface area contributed by atoms with Crippen LogP contribution in [0.4, 0.5) is 4.39 Å². The van der Waals surface area contributed by atoms with Gasteiger partial charge in [0.25, 0.3) is 0 Å². The number of halogens is 1. The molecule has 6 heteroatoms. The second-order valence-electron chi connectivity index (χ2n) is 8.43. The number of ether oxygens (including phenoxy) is 2. The molecule has 2 saturated carbocycles. The Morgan fingerprint density at radius 2 is 1.64 bits per heavy atom. The summed E-state index contributed by atoms with van der Waals surface area (Å²) in [6.07, 6.45) is 11.4. The van der Waals surface area contributed by atoms with Gasteiger partial charge < -0.3 is 9.47 Å². The van der Waals surface area contributed by atoms with Crippen molar-refractivity contribution in [3.8, 4) is 0 Å². The summed E-state index contributed by atoms with van der Waals surface area (Å²) in [6, 6.07) is 0. The highest BCUT2D eigenvalue weighted by Gasteiger charge is 2.41. The first-order valence-corrected chi connectivity index (χ1v) is 12.7. The fourth-order valence-electron chi connectivity index (χ4n) is 5.21. The molecule has 0 aromatic heterocycles. The smallest absolute Gasteiger partial charge is 0.344 e. The van der Waals surface area contributed by atoms with Gasteiger partial charge in [-0.2, -0.15) is 0 Å². The van der Waals surface area contributed by atoms with Gasteiger partial charge in [0.05, 0.1) is 6.61 Å². The Morgan fingerprint density at radius 1 is 1.07 bits per heavy atom. The van der Waals surface area contributed by atoms with Crippen molar-refractivity contribution in [1.82, 2.24) is 0 Å². The van der Waals surface area contributed by atoms with Crippen LogP contribution in [0.15, 0.2) is 0 Å². The van der Waals surface area contributed by atoms with Crippen molar-refractivity contribution in [3.63, 3.8) is 0 Å². The summed E-state index contributed by atoms with van der Waals surface area (Å²) in [4.78, 5) is 12.0. The molecule has 2 fully saturated rings. The van der Waals surface area contributed by atoms with E-state index in [1.165, 1.54) is 50.3 Å². The molecule has 0 aromatic rings. The molecule has 2 aliphatic rings. The van der Waals surface area contributed by atoms with Crippen molar-refractivity contribution >= 4 is 34.3 Å². The van der Waals surface area contributed by atoms with E-state index >= 15 is 0 Å². The minimum Gasteiger partial charge on any atom is -0.471 e. The average Bonchev–Trinajstić information content (AvgIpc) is 2.72. The molecule has 162 valence electrons. The lowest BCUT2D eigenvalue weighted by Crippen LogP contribution is -2.42. The van der Waals surface area contributed by atoms with Gasteiger partial charge in [-0.15, -0.1) is 0 Å². The van der Waals surface area contributed by atoms with E-state index in [0.29, 0.717) is 4.38 Å². The minimum absolute atomic E-state index is 0.0252. The maximum Gasteiger partial charge on any atom is 0.344 e. The zero-order valence-electron chi connectivity index (χ0n) is 17.7. The molecule has 0 bridgehead atoms. The van der Waals surface area contributed by atoms with Gasteiger partial charge in [-0.1, -0.05) is 44.4 Å². The van der Waals surface area contributed by atoms with Crippen LogP contribution in [0.3, 0.4) is 0 Å². The predicted octanol–water partition coefficient (Wildman–Crippen LogP) is 6.33. The van der Waals surface area contributed by atoms with Crippen LogP contribution in [-0.2, 0) is 14.3 Å². The van der Waals surface area contributed by atoms with Crippen LogP contribution in [0.25, 0.3) is 0 Å². The molecule has 0 radical (unpaired) electrons. The SMILES string of the molecule is CCCC1CCC(C2CCC(C(OC(=S)SC)C(F)C(=O)OCC)CC2)CC1. The third kappa shape index (κ3) is 6.86. The van der Waals surface area contributed by atoms with E-state index < -0.39 is 18.2 Å². The first-order chi connectivity index (χ1) is 13.5. The summed E-state index contributed by atoms with van der Waals surface area (Å²) in [6.45, 7) is 4.14. The highest BCUT2D eigenvalue weighted by molar-refractivity contribution is 8.22. The van der Waals surface area contributed by atoms with Gasteiger partial charge in [-0.3, -0.25) is 0 Å².